The first-order chi connectivity index (χ1) is 14.8. The van der Waals surface area contributed by atoms with Gasteiger partial charge in [-0.25, -0.2) is 0 Å². The van der Waals surface area contributed by atoms with E-state index in [1.807, 2.05) is 18.2 Å². The van der Waals surface area contributed by atoms with Crippen LogP contribution in [0.4, 0.5) is 0 Å². The molecule has 0 unspecified atom stereocenters. The van der Waals surface area contributed by atoms with Gasteiger partial charge in [-0.05, 0) is 74.5 Å². The highest BCUT2D eigenvalue weighted by molar-refractivity contribution is 5.89. The number of aryl methyl sites for hydroxylation is 2. The van der Waals surface area contributed by atoms with Gasteiger partial charge in [-0.15, -0.1) is 0 Å². The number of aliphatic hydroxyl groups excluding tert-OH is 1. The fourth-order valence-corrected chi connectivity index (χ4v) is 5.09. The minimum atomic E-state index is -0.356. The van der Waals surface area contributed by atoms with Gasteiger partial charge in [0.25, 0.3) is 0 Å². The lowest BCUT2D eigenvalue weighted by Gasteiger charge is -2.18. The first-order valence-corrected chi connectivity index (χ1v) is 11.7. The van der Waals surface area contributed by atoms with Gasteiger partial charge in [0, 0.05) is 32.9 Å². The Bertz CT molecular complexity index is 839. The van der Waals surface area contributed by atoms with E-state index >= 15 is 0 Å². The molecule has 0 saturated heterocycles. The van der Waals surface area contributed by atoms with E-state index < -0.39 is 0 Å². The third-order valence-corrected chi connectivity index (χ3v) is 6.99. The molecule has 31 heavy (non-hydrogen) atoms. The predicted octanol–water partition coefficient (Wildman–Crippen LogP) is 4.64. The van der Waals surface area contributed by atoms with Gasteiger partial charge in [-0.3, -0.25) is 9.59 Å². The molecule has 0 aromatic heterocycles. The number of fused-ring (bicyclic) bond motifs is 1. The predicted molar refractivity (Wildman–Crippen MR) is 125 cm³/mol. The van der Waals surface area contributed by atoms with Crippen LogP contribution in [-0.4, -0.2) is 41.9 Å². The number of carbonyl (C=O) groups excluding carboxylic acids is 2. The van der Waals surface area contributed by atoms with Crippen LogP contribution in [0.3, 0.4) is 0 Å². The molecule has 0 heterocycles. The largest absolute Gasteiger partial charge is 0.392 e. The molecule has 4 atom stereocenters. The zero-order chi connectivity index (χ0) is 22.4. The number of rotatable bonds is 10. The molecular weight excluding hydrogens is 386 g/mol. The van der Waals surface area contributed by atoms with E-state index in [0.717, 1.165) is 38.5 Å². The Morgan fingerprint density at radius 2 is 1.90 bits per heavy atom. The van der Waals surface area contributed by atoms with Gasteiger partial charge in [-0.2, -0.15) is 0 Å². The van der Waals surface area contributed by atoms with Crippen LogP contribution < -0.4 is 0 Å². The van der Waals surface area contributed by atoms with Crippen molar-refractivity contribution in [2.45, 2.75) is 64.4 Å². The molecule has 4 heteroatoms. The van der Waals surface area contributed by atoms with Gasteiger partial charge in [0.05, 0.1) is 6.10 Å². The Morgan fingerprint density at radius 3 is 2.65 bits per heavy atom. The summed E-state index contributed by atoms with van der Waals surface area (Å²) in [6.45, 7) is 2.08. The summed E-state index contributed by atoms with van der Waals surface area (Å²) in [5.41, 5.74) is 3.91. The Kier molecular flexibility index (Phi) is 8.25. The molecule has 1 aromatic carbocycles. The Hall–Kier alpha value is -2.20. The summed E-state index contributed by atoms with van der Waals surface area (Å²) < 4.78 is 0. The van der Waals surface area contributed by atoms with E-state index in [0.29, 0.717) is 24.7 Å². The first kappa shape index (κ1) is 23.5. The van der Waals surface area contributed by atoms with Crippen LogP contribution in [-0.2, 0) is 16.0 Å². The molecule has 0 bridgehead atoms. The number of benzene rings is 1. The highest BCUT2D eigenvalue weighted by Crippen LogP contribution is 2.48. The van der Waals surface area contributed by atoms with E-state index in [1.165, 1.54) is 16.7 Å². The van der Waals surface area contributed by atoms with E-state index in [1.54, 1.807) is 25.1 Å². The zero-order valence-electron chi connectivity index (χ0n) is 19.2. The average molecular weight is 424 g/mol. The van der Waals surface area contributed by atoms with Crippen LogP contribution in [0, 0.1) is 24.7 Å². The number of hydrogen-bond donors (Lipinski definition) is 1. The lowest BCUT2D eigenvalue weighted by atomic mass is 9.88. The van der Waals surface area contributed by atoms with Crippen molar-refractivity contribution in [2.24, 2.45) is 17.8 Å². The molecular formula is C27H37NO3. The normalized spacial score (nSPS) is 25.0. The molecule has 0 aliphatic heterocycles. The Labute approximate surface area is 187 Å². The van der Waals surface area contributed by atoms with E-state index in [-0.39, 0.29) is 23.7 Å². The highest BCUT2D eigenvalue weighted by atomic mass is 16.3. The van der Waals surface area contributed by atoms with Crippen LogP contribution in [0.5, 0.6) is 0 Å². The lowest BCUT2D eigenvalue weighted by Crippen LogP contribution is -2.21. The molecule has 4 nitrogen and oxygen atoms in total. The molecule has 3 rings (SSSR count). The van der Waals surface area contributed by atoms with Crippen LogP contribution in [0.2, 0.25) is 0 Å². The molecule has 2 aliphatic carbocycles. The van der Waals surface area contributed by atoms with E-state index in [9.17, 15) is 14.7 Å². The number of nitrogens with zero attached hydrogens (tertiary/aromatic N) is 1. The summed E-state index contributed by atoms with van der Waals surface area (Å²) in [7, 11) is 3.60. The molecule has 1 saturated carbocycles. The third-order valence-electron chi connectivity index (χ3n) is 6.99. The highest BCUT2D eigenvalue weighted by Gasteiger charge is 2.43. The molecule has 168 valence electrons. The van der Waals surface area contributed by atoms with Crippen LogP contribution in [0.1, 0.15) is 56.1 Å². The Morgan fingerprint density at radius 1 is 1.13 bits per heavy atom. The standard InChI is InChI=1S/C27H37NO3/c1-19-8-4-6-10-21(19)12-13-23(29)14-15-24-25-17-20(16-22(25)18-26(24)30)9-5-7-11-27(31)28(2)3/h4,6,8,10,14-16,22,24-26,30H,5,7,9,11-13,17-18H2,1-3H3/t22-,24+,25-,26+/m0/s1. The second kappa shape index (κ2) is 10.9. The first-order valence-electron chi connectivity index (χ1n) is 11.7. The lowest BCUT2D eigenvalue weighted by molar-refractivity contribution is -0.128. The monoisotopic (exact) mass is 423 g/mol. The van der Waals surface area contributed by atoms with Crippen LogP contribution >= 0.6 is 0 Å². The van der Waals surface area contributed by atoms with Crippen molar-refractivity contribution in [1.29, 1.82) is 0 Å². The fraction of sp³-hybridized carbons (Fsp3) is 0.556. The van der Waals surface area contributed by atoms with Gasteiger partial charge >= 0.3 is 0 Å². The molecule has 0 radical (unpaired) electrons. The van der Waals surface area contributed by atoms with Crippen molar-refractivity contribution in [1.82, 2.24) is 4.90 Å². The summed E-state index contributed by atoms with van der Waals surface area (Å²) in [6, 6.07) is 8.20. The third kappa shape index (κ3) is 6.39. The average Bonchev–Trinajstić information content (AvgIpc) is 3.25. The molecule has 0 spiro atoms. The van der Waals surface area contributed by atoms with Crippen LogP contribution in [0.25, 0.3) is 0 Å². The van der Waals surface area contributed by atoms with Crippen molar-refractivity contribution >= 4 is 11.7 Å². The number of hydrogen-bond acceptors (Lipinski definition) is 3. The molecule has 2 aliphatic rings. The van der Waals surface area contributed by atoms with Gasteiger partial charge in [0.1, 0.15) is 0 Å². The minimum absolute atomic E-state index is 0.0662. The van der Waals surface area contributed by atoms with Gasteiger partial charge < -0.3 is 10.0 Å². The van der Waals surface area contributed by atoms with E-state index in [4.69, 9.17) is 0 Å². The Balaban J connectivity index is 1.45. The van der Waals surface area contributed by atoms with Crippen molar-refractivity contribution in [3.63, 3.8) is 0 Å². The molecule has 1 N–H and O–H groups in total. The minimum Gasteiger partial charge on any atom is -0.392 e. The number of ketones is 1. The topological polar surface area (TPSA) is 57.6 Å². The quantitative estimate of drug-likeness (QED) is 0.339. The number of unbranched alkanes of at least 4 members (excludes halogenated alkanes) is 1. The maximum atomic E-state index is 12.4. The summed E-state index contributed by atoms with van der Waals surface area (Å²) in [5, 5.41) is 10.5. The van der Waals surface area contributed by atoms with Gasteiger partial charge in [0.15, 0.2) is 5.78 Å². The van der Waals surface area contributed by atoms with Gasteiger partial charge in [-0.1, -0.05) is 42.0 Å². The second-order valence-corrected chi connectivity index (χ2v) is 9.48. The second-order valence-electron chi connectivity index (χ2n) is 9.48. The van der Waals surface area contributed by atoms with Gasteiger partial charge in [0.2, 0.25) is 5.91 Å². The number of allylic oxidation sites excluding steroid dienone is 3. The summed E-state index contributed by atoms with van der Waals surface area (Å²) in [4.78, 5) is 25.8. The van der Waals surface area contributed by atoms with Crippen molar-refractivity contribution in [2.75, 3.05) is 14.1 Å². The summed E-state index contributed by atoms with van der Waals surface area (Å²) in [5.74, 6) is 1.23. The fourth-order valence-electron chi connectivity index (χ4n) is 5.09. The summed E-state index contributed by atoms with van der Waals surface area (Å²) in [6.07, 6.45) is 12.4. The SMILES string of the molecule is Cc1ccccc1CCC(=O)C=C[C@@H]1[C@H]2CC(CCCCC(=O)N(C)C)=C[C@H]2C[C@H]1O. The smallest absolute Gasteiger partial charge is 0.222 e. The molecule has 1 amide bonds. The van der Waals surface area contributed by atoms with Crippen molar-refractivity contribution in [3.8, 4) is 0 Å². The van der Waals surface area contributed by atoms with Crippen molar-refractivity contribution < 1.29 is 14.7 Å². The molecule has 1 fully saturated rings. The van der Waals surface area contributed by atoms with Crippen LogP contribution in [0.15, 0.2) is 48.1 Å². The number of amides is 1. The summed E-state index contributed by atoms with van der Waals surface area (Å²) >= 11 is 0. The molecule has 1 aromatic rings. The van der Waals surface area contributed by atoms with Crippen molar-refractivity contribution in [3.05, 3.63) is 59.2 Å². The number of carbonyl (C=O) groups is 2. The number of aliphatic hydroxyl groups is 1. The van der Waals surface area contributed by atoms with E-state index in [2.05, 4.69) is 25.1 Å². The maximum Gasteiger partial charge on any atom is 0.222 e. The zero-order valence-corrected chi connectivity index (χ0v) is 19.2. The maximum absolute atomic E-state index is 12.4.